The van der Waals surface area contributed by atoms with Gasteiger partial charge in [-0.05, 0) is 11.8 Å². The molecule has 2 aromatic rings. The quantitative estimate of drug-likeness (QED) is 0.587. The van der Waals surface area contributed by atoms with Crippen LogP contribution in [0, 0.1) is 0 Å². The molecule has 0 bridgehead atoms. The second-order valence-corrected chi connectivity index (χ2v) is 5.82. The maximum Gasteiger partial charge on any atom is 0.436 e. The molecule has 0 fully saturated rings. The number of aliphatic imine (C=N–C) groups is 2. The molecule has 1 aromatic heterocycles. The average Bonchev–Trinajstić information content (AvgIpc) is 2.63. The van der Waals surface area contributed by atoms with Gasteiger partial charge in [0.1, 0.15) is 12.3 Å². The number of anilines is 2. The third kappa shape index (κ3) is 5.33. The Morgan fingerprint density at radius 3 is 2.58 bits per heavy atom. The van der Waals surface area contributed by atoms with Crippen molar-refractivity contribution >= 4 is 52.2 Å². The van der Waals surface area contributed by atoms with Crippen molar-refractivity contribution in [2.75, 3.05) is 17.7 Å². The summed E-state index contributed by atoms with van der Waals surface area (Å²) in [5.41, 5.74) is 11.6. The molecule has 0 saturated carbocycles. The summed E-state index contributed by atoms with van der Waals surface area (Å²) >= 11 is 6.70. The van der Waals surface area contributed by atoms with Gasteiger partial charge < -0.3 is 21.3 Å². The van der Waals surface area contributed by atoms with Crippen LogP contribution in [0.3, 0.4) is 0 Å². The fourth-order valence-corrected chi connectivity index (χ4v) is 2.15. The highest BCUT2D eigenvalue weighted by Crippen LogP contribution is 2.17. The maximum atomic E-state index is 12.2. The zero-order valence-electron chi connectivity index (χ0n) is 13.5. The summed E-state index contributed by atoms with van der Waals surface area (Å²) in [6, 6.07) is 9.07. The van der Waals surface area contributed by atoms with Crippen LogP contribution in [0.1, 0.15) is 11.3 Å². The number of nitrogens with zero attached hydrogens (tertiary/aromatic N) is 4. The number of carbonyl (C=O) groups is 1. The predicted molar refractivity (Wildman–Crippen MR) is 100.0 cm³/mol. The van der Waals surface area contributed by atoms with Crippen LogP contribution in [-0.2, 0) is 11.3 Å². The van der Waals surface area contributed by atoms with Gasteiger partial charge in [-0.25, -0.2) is 19.8 Å². The van der Waals surface area contributed by atoms with Gasteiger partial charge in [0.25, 0.3) is 0 Å². The van der Waals surface area contributed by atoms with Gasteiger partial charge in [0.05, 0.1) is 0 Å². The number of hydrogen-bond acceptors (Lipinski definition) is 8. The van der Waals surface area contributed by atoms with Gasteiger partial charge in [0.15, 0.2) is 22.0 Å². The highest BCUT2D eigenvalue weighted by atomic mass is 35.5. The van der Waals surface area contributed by atoms with E-state index < -0.39 is 12.0 Å². The number of nitrogen functional groups attached to an aromatic ring is 2. The number of thioether (sulfide) groups is 1. The first-order chi connectivity index (χ1) is 12.4. The Hall–Kier alpha value is -2.85. The third-order valence-electron chi connectivity index (χ3n) is 2.88. The number of ether oxygens (including phenoxy) is 1. The molecular formula is C15H14ClN6O3S-. The van der Waals surface area contributed by atoms with Crippen LogP contribution in [0.5, 0.6) is 0 Å². The molecule has 0 aliphatic rings. The van der Waals surface area contributed by atoms with Crippen LogP contribution < -0.4 is 16.6 Å². The Morgan fingerprint density at radius 1 is 1.23 bits per heavy atom. The minimum atomic E-state index is -0.885. The van der Waals surface area contributed by atoms with Crippen LogP contribution in [0.2, 0.25) is 5.15 Å². The molecule has 4 N–H and O–H groups in total. The lowest BCUT2D eigenvalue weighted by Crippen LogP contribution is -2.24. The molecule has 0 unspecified atom stereocenters. The van der Waals surface area contributed by atoms with Crippen molar-refractivity contribution in [3.8, 4) is 0 Å². The fraction of sp³-hybridized carbons (Fsp3) is 0.133. The monoisotopic (exact) mass is 393 g/mol. The normalized spacial score (nSPS) is 12.1. The number of amides is 1. The van der Waals surface area contributed by atoms with Crippen molar-refractivity contribution in [1.29, 1.82) is 0 Å². The molecule has 1 amide bonds. The molecule has 136 valence electrons. The lowest BCUT2D eigenvalue weighted by Gasteiger charge is -2.12. The standard InChI is InChI=1S/C15H15ClN6O3S/c1-26-14(22-15(24)25-7-8-5-3-2-4-6-8)21-13(23)9-11(17)20-12(18)10(16)19-9/h2-6H,7H2,1H3,(H4,17,18,20)(H,21,22,23,24)/p-1. The zero-order valence-corrected chi connectivity index (χ0v) is 15.1. The molecule has 1 heterocycles. The van der Waals surface area contributed by atoms with Gasteiger partial charge in [-0.15, -0.1) is 4.99 Å². The van der Waals surface area contributed by atoms with Gasteiger partial charge in [0.2, 0.25) is 0 Å². The lowest BCUT2D eigenvalue weighted by atomic mass is 10.2. The number of aromatic nitrogens is 2. The molecule has 0 radical (unpaired) electrons. The lowest BCUT2D eigenvalue weighted by molar-refractivity contribution is -0.212. The minimum Gasteiger partial charge on any atom is -0.857 e. The number of hydrogen-bond donors (Lipinski definition) is 2. The number of nitrogens with two attached hydrogens (primary N) is 2. The number of carbonyl (C=O) groups excluding carboxylic acids is 1. The Morgan fingerprint density at radius 2 is 1.92 bits per heavy atom. The van der Waals surface area contributed by atoms with Gasteiger partial charge in [-0.3, -0.25) is 0 Å². The molecule has 26 heavy (non-hydrogen) atoms. The fourth-order valence-electron chi connectivity index (χ4n) is 1.68. The van der Waals surface area contributed by atoms with E-state index in [4.69, 9.17) is 27.8 Å². The SMILES string of the molecule is CSC(=N\C(=O)OCc1ccccc1)/N=C(\[O-])c1nc(Cl)c(N)nc1N. The molecule has 0 saturated heterocycles. The second kappa shape index (κ2) is 9.02. The van der Waals surface area contributed by atoms with E-state index in [2.05, 4.69) is 20.0 Å². The highest BCUT2D eigenvalue weighted by molar-refractivity contribution is 8.13. The van der Waals surface area contributed by atoms with Gasteiger partial charge >= 0.3 is 6.09 Å². The maximum absolute atomic E-state index is 12.2. The van der Waals surface area contributed by atoms with Crippen LogP contribution in [-0.4, -0.2) is 33.4 Å². The summed E-state index contributed by atoms with van der Waals surface area (Å²) in [6.07, 6.45) is 0.703. The van der Waals surface area contributed by atoms with Crippen molar-refractivity contribution < 1.29 is 14.6 Å². The number of halogens is 1. The first-order valence-corrected chi connectivity index (χ1v) is 8.69. The van der Waals surface area contributed by atoms with E-state index in [0.29, 0.717) is 0 Å². The molecule has 0 atom stereocenters. The van der Waals surface area contributed by atoms with E-state index in [1.54, 1.807) is 18.4 Å². The van der Waals surface area contributed by atoms with Crippen molar-refractivity contribution in [3.63, 3.8) is 0 Å². The second-order valence-electron chi connectivity index (χ2n) is 4.69. The Labute approximate surface area is 158 Å². The molecule has 1 aromatic carbocycles. The number of amidine groups is 1. The predicted octanol–water partition coefficient (Wildman–Crippen LogP) is 1.46. The molecular weight excluding hydrogens is 380 g/mol. The molecule has 0 aliphatic heterocycles. The summed E-state index contributed by atoms with van der Waals surface area (Å²) < 4.78 is 5.00. The van der Waals surface area contributed by atoms with Gasteiger partial charge in [-0.2, -0.15) is 0 Å². The van der Waals surface area contributed by atoms with E-state index in [-0.39, 0.29) is 34.3 Å². The van der Waals surface area contributed by atoms with Crippen molar-refractivity contribution in [1.82, 2.24) is 9.97 Å². The molecule has 0 spiro atoms. The van der Waals surface area contributed by atoms with E-state index in [9.17, 15) is 9.90 Å². The Bertz CT molecular complexity index is 860. The van der Waals surface area contributed by atoms with Crippen LogP contribution >= 0.6 is 23.4 Å². The van der Waals surface area contributed by atoms with Crippen LogP contribution in [0.25, 0.3) is 0 Å². The highest BCUT2D eigenvalue weighted by Gasteiger charge is 2.10. The first kappa shape index (κ1) is 19.5. The van der Waals surface area contributed by atoms with E-state index >= 15 is 0 Å². The van der Waals surface area contributed by atoms with E-state index in [0.717, 1.165) is 17.3 Å². The zero-order chi connectivity index (χ0) is 19.1. The summed E-state index contributed by atoms with van der Waals surface area (Å²) in [5.74, 6) is -1.20. The largest absolute Gasteiger partial charge is 0.857 e. The van der Waals surface area contributed by atoms with Crippen molar-refractivity contribution in [3.05, 3.63) is 46.7 Å². The topological polar surface area (TPSA) is 152 Å². The molecule has 9 nitrogen and oxygen atoms in total. The van der Waals surface area contributed by atoms with Crippen molar-refractivity contribution in [2.24, 2.45) is 9.98 Å². The molecule has 11 heteroatoms. The Balaban J connectivity index is 2.13. The van der Waals surface area contributed by atoms with E-state index in [1.165, 1.54) is 0 Å². The number of benzene rings is 1. The number of rotatable bonds is 3. The van der Waals surface area contributed by atoms with Gasteiger partial charge in [0, 0.05) is 5.90 Å². The van der Waals surface area contributed by atoms with Gasteiger partial charge in [-0.1, -0.05) is 53.7 Å². The molecule has 0 aliphatic carbocycles. The average molecular weight is 394 g/mol. The van der Waals surface area contributed by atoms with E-state index in [1.807, 2.05) is 18.2 Å². The summed E-state index contributed by atoms with van der Waals surface area (Å²) in [6.45, 7) is 0.0464. The summed E-state index contributed by atoms with van der Waals surface area (Å²) in [4.78, 5) is 26.5. The summed E-state index contributed by atoms with van der Waals surface area (Å²) in [5, 5.41) is 11.9. The summed E-state index contributed by atoms with van der Waals surface area (Å²) in [7, 11) is 0. The smallest absolute Gasteiger partial charge is 0.436 e. The van der Waals surface area contributed by atoms with Crippen LogP contribution in [0.15, 0.2) is 40.3 Å². The Kier molecular flexibility index (Phi) is 6.75. The molecule has 2 rings (SSSR count). The minimum absolute atomic E-state index is 0.0464. The van der Waals surface area contributed by atoms with Crippen LogP contribution in [0.4, 0.5) is 16.4 Å². The first-order valence-electron chi connectivity index (χ1n) is 7.08. The third-order valence-corrected chi connectivity index (χ3v) is 3.71. The van der Waals surface area contributed by atoms with Crippen molar-refractivity contribution in [2.45, 2.75) is 6.61 Å².